The van der Waals surface area contributed by atoms with Gasteiger partial charge in [-0.25, -0.2) is 4.79 Å². The highest BCUT2D eigenvalue weighted by Gasteiger charge is 2.23. The molecule has 0 saturated carbocycles. The van der Waals surface area contributed by atoms with Gasteiger partial charge in [0.25, 0.3) is 0 Å². The number of benzene rings is 1. The van der Waals surface area contributed by atoms with Gasteiger partial charge in [-0.2, -0.15) is 0 Å². The molecule has 6 nitrogen and oxygen atoms in total. The molecule has 6 heteroatoms. The number of hydrogen-bond donors (Lipinski definition) is 2. The van der Waals surface area contributed by atoms with Crippen LogP contribution in [-0.4, -0.2) is 66.6 Å². The van der Waals surface area contributed by atoms with E-state index >= 15 is 0 Å². The van der Waals surface area contributed by atoms with Crippen molar-refractivity contribution in [3.05, 3.63) is 29.8 Å². The number of hydrogen-bond acceptors (Lipinski definition) is 6. The van der Waals surface area contributed by atoms with Gasteiger partial charge in [0.15, 0.2) is 0 Å². The largest absolute Gasteiger partial charge is 0.491 e. The number of esters is 1. The molecular formula is C17H25NO5. The minimum Gasteiger partial charge on any atom is -0.491 e. The molecule has 0 aliphatic carbocycles. The number of aliphatic hydroxyl groups is 2. The first-order valence-electron chi connectivity index (χ1n) is 7.98. The van der Waals surface area contributed by atoms with Crippen LogP contribution < -0.4 is 4.74 Å². The van der Waals surface area contributed by atoms with Gasteiger partial charge < -0.3 is 19.7 Å². The van der Waals surface area contributed by atoms with Crippen molar-refractivity contribution in [1.82, 2.24) is 4.90 Å². The zero-order chi connectivity index (χ0) is 16.7. The Morgan fingerprint density at radius 1 is 1.35 bits per heavy atom. The van der Waals surface area contributed by atoms with E-state index in [0.29, 0.717) is 17.9 Å². The fourth-order valence-electron chi connectivity index (χ4n) is 2.83. The van der Waals surface area contributed by atoms with Gasteiger partial charge >= 0.3 is 5.97 Å². The Hall–Kier alpha value is -1.63. The molecule has 23 heavy (non-hydrogen) atoms. The van der Waals surface area contributed by atoms with Crippen LogP contribution in [0.4, 0.5) is 0 Å². The first kappa shape index (κ1) is 17.7. The lowest BCUT2D eigenvalue weighted by Gasteiger charge is -2.35. The number of carbonyl (C=O) groups is 1. The third-order valence-electron chi connectivity index (χ3n) is 4.12. The fraction of sp³-hybridized carbons (Fsp3) is 0.588. The van der Waals surface area contributed by atoms with Crippen LogP contribution in [0.3, 0.4) is 0 Å². The summed E-state index contributed by atoms with van der Waals surface area (Å²) in [5.74, 6) is 0.200. The third kappa shape index (κ3) is 5.20. The zero-order valence-electron chi connectivity index (χ0n) is 13.5. The Kier molecular flexibility index (Phi) is 6.83. The second-order valence-electron chi connectivity index (χ2n) is 5.81. The maximum absolute atomic E-state index is 11.3. The molecule has 1 fully saturated rings. The van der Waals surface area contributed by atoms with Gasteiger partial charge in [0, 0.05) is 12.6 Å². The Labute approximate surface area is 136 Å². The molecule has 2 N–H and O–H groups in total. The summed E-state index contributed by atoms with van der Waals surface area (Å²) in [5.41, 5.74) is 0.458. The number of β-amino-alcohol motifs (C(OH)–C–C–N with tert-alkyl or cyclic N) is 1. The van der Waals surface area contributed by atoms with Crippen molar-refractivity contribution in [3.8, 4) is 5.75 Å². The summed E-state index contributed by atoms with van der Waals surface area (Å²) in [4.78, 5) is 13.5. The molecule has 128 valence electrons. The van der Waals surface area contributed by atoms with Crippen molar-refractivity contribution >= 4 is 5.97 Å². The Bertz CT molecular complexity index is 490. The first-order valence-corrected chi connectivity index (χ1v) is 7.98. The molecule has 1 aliphatic heterocycles. The Balaban J connectivity index is 1.79. The van der Waals surface area contributed by atoms with Gasteiger partial charge in [-0.1, -0.05) is 6.42 Å². The second-order valence-corrected chi connectivity index (χ2v) is 5.81. The normalized spacial score (nSPS) is 20.0. The SMILES string of the molecule is COC(=O)c1ccc(OCC(O)CN2CCCCC2CO)cc1. The first-order chi connectivity index (χ1) is 11.1. The molecule has 2 unspecified atom stereocenters. The van der Waals surface area contributed by atoms with E-state index in [4.69, 9.17) is 4.74 Å². The van der Waals surface area contributed by atoms with Crippen LogP contribution >= 0.6 is 0 Å². The van der Waals surface area contributed by atoms with Crippen LogP contribution in [0.1, 0.15) is 29.6 Å². The standard InChI is InChI=1S/C17H25NO5/c1-22-17(21)13-5-7-16(8-6-13)23-12-15(20)10-18-9-3-2-4-14(18)11-19/h5-8,14-15,19-20H,2-4,9-12H2,1H3. The molecule has 0 bridgehead atoms. The molecule has 0 aromatic heterocycles. The lowest BCUT2D eigenvalue weighted by Crippen LogP contribution is -2.46. The molecule has 1 aromatic carbocycles. The van der Waals surface area contributed by atoms with E-state index in [0.717, 1.165) is 25.8 Å². The summed E-state index contributed by atoms with van der Waals surface area (Å²) in [6.07, 6.45) is 2.57. The van der Waals surface area contributed by atoms with Gasteiger partial charge in [0.05, 0.1) is 19.3 Å². The van der Waals surface area contributed by atoms with Crippen molar-refractivity contribution in [3.63, 3.8) is 0 Å². The predicted octanol–water partition coefficient (Wildman–Crippen LogP) is 1.06. The van der Waals surface area contributed by atoms with Gasteiger partial charge in [-0.15, -0.1) is 0 Å². The van der Waals surface area contributed by atoms with Crippen LogP contribution in [0.2, 0.25) is 0 Å². The van der Waals surface area contributed by atoms with E-state index in [9.17, 15) is 15.0 Å². The van der Waals surface area contributed by atoms with Crippen LogP contribution in [0.25, 0.3) is 0 Å². The van der Waals surface area contributed by atoms with Crippen LogP contribution in [-0.2, 0) is 4.74 Å². The number of ether oxygens (including phenoxy) is 2. The second kappa shape index (κ2) is 8.86. The summed E-state index contributed by atoms with van der Waals surface area (Å²) >= 11 is 0. The van der Waals surface area contributed by atoms with E-state index in [2.05, 4.69) is 9.64 Å². The highest BCUT2D eigenvalue weighted by Crippen LogP contribution is 2.17. The molecular weight excluding hydrogens is 298 g/mol. The average molecular weight is 323 g/mol. The lowest BCUT2D eigenvalue weighted by atomic mass is 10.0. The maximum Gasteiger partial charge on any atom is 0.337 e. The molecule has 1 saturated heterocycles. The molecule has 1 aromatic rings. The number of methoxy groups -OCH3 is 1. The molecule has 2 atom stereocenters. The molecule has 0 radical (unpaired) electrons. The van der Waals surface area contributed by atoms with E-state index in [-0.39, 0.29) is 19.3 Å². The molecule has 2 rings (SSSR count). The predicted molar refractivity (Wildman–Crippen MR) is 85.6 cm³/mol. The number of aliphatic hydroxyl groups excluding tert-OH is 2. The smallest absolute Gasteiger partial charge is 0.337 e. The quantitative estimate of drug-likeness (QED) is 0.731. The zero-order valence-corrected chi connectivity index (χ0v) is 13.5. The Morgan fingerprint density at radius 3 is 2.74 bits per heavy atom. The van der Waals surface area contributed by atoms with E-state index in [1.54, 1.807) is 24.3 Å². The number of piperidine rings is 1. The fourth-order valence-corrected chi connectivity index (χ4v) is 2.83. The van der Waals surface area contributed by atoms with E-state index in [1.165, 1.54) is 7.11 Å². The van der Waals surface area contributed by atoms with Crippen molar-refractivity contribution in [1.29, 1.82) is 0 Å². The average Bonchev–Trinajstić information content (AvgIpc) is 2.60. The lowest BCUT2D eigenvalue weighted by molar-refractivity contribution is 0.0232. The summed E-state index contributed by atoms with van der Waals surface area (Å²) in [5, 5.41) is 19.5. The van der Waals surface area contributed by atoms with Crippen molar-refractivity contribution < 1.29 is 24.5 Å². The highest BCUT2D eigenvalue weighted by atomic mass is 16.5. The van der Waals surface area contributed by atoms with E-state index in [1.807, 2.05) is 0 Å². The van der Waals surface area contributed by atoms with Crippen LogP contribution in [0.5, 0.6) is 5.75 Å². The number of rotatable bonds is 7. The van der Waals surface area contributed by atoms with E-state index < -0.39 is 12.1 Å². The monoisotopic (exact) mass is 323 g/mol. The summed E-state index contributed by atoms with van der Waals surface area (Å²) in [7, 11) is 1.34. The van der Waals surface area contributed by atoms with Crippen molar-refractivity contribution in [2.75, 3.05) is 33.4 Å². The van der Waals surface area contributed by atoms with Gasteiger partial charge in [-0.05, 0) is 43.7 Å². The van der Waals surface area contributed by atoms with Crippen LogP contribution in [0, 0.1) is 0 Å². The summed E-state index contributed by atoms with van der Waals surface area (Å²) in [6, 6.07) is 6.74. The minimum atomic E-state index is -0.623. The molecule has 0 amide bonds. The molecule has 1 aliphatic rings. The van der Waals surface area contributed by atoms with Crippen molar-refractivity contribution in [2.45, 2.75) is 31.4 Å². The summed E-state index contributed by atoms with van der Waals surface area (Å²) in [6.45, 7) is 1.69. The third-order valence-corrected chi connectivity index (χ3v) is 4.12. The van der Waals surface area contributed by atoms with Crippen LogP contribution in [0.15, 0.2) is 24.3 Å². The summed E-state index contributed by atoms with van der Waals surface area (Å²) < 4.78 is 10.2. The Morgan fingerprint density at radius 2 is 2.09 bits per heavy atom. The van der Waals surface area contributed by atoms with Crippen molar-refractivity contribution in [2.24, 2.45) is 0 Å². The molecule has 1 heterocycles. The van der Waals surface area contributed by atoms with Gasteiger partial charge in [0.2, 0.25) is 0 Å². The number of carbonyl (C=O) groups excluding carboxylic acids is 1. The number of nitrogens with zero attached hydrogens (tertiary/aromatic N) is 1. The topological polar surface area (TPSA) is 79.2 Å². The molecule has 0 spiro atoms. The maximum atomic E-state index is 11.3. The highest BCUT2D eigenvalue weighted by molar-refractivity contribution is 5.89. The minimum absolute atomic E-state index is 0.128. The van der Waals surface area contributed by atoms with Gasteiger partial charge in [0.1, 0.15) is 18.5 Å². The number of likely N-dealkylation sites (tertiary alicyclic amines) is 1. The van der Waals surface area contributed by atoms with Gasteiger partial charge in [-0.3, -0.25) is 4.90 Å².